The molecule has 0 spiro atoms. The average Bonchev–Trinajstić information content (AvgIpc) is 2.50. The second kappa shape index (κ2) is 5.41. The molecule has 1 atom stereocenters. The van der Waals surface area contributed by atoms with Gasteiger partial charge in [0.05, 0.1) is 0 Å². The molecule has 1 heterocycles. The van der Waals surface area contributed by atoms with Crippen LogP contribution in [0.1, 0.15) is 21.5 Å². The van der Waals surface area contributed by atoms with E-state index in [1.165, 1.54) is 0 Å². The molecule has 2 aromatic carbocycles. The first-order valence-corrected chi connectivity index (χ1v) is 7.13. The lowest BCUT2D eigenvalue weighted by Crippen LogP contribution is -2.37. The van der Waals surface area contributed by atoms with E-state index >= 15 is 0 Å². The van der Waals surface area contributed by atoms with Gasteiger partial charge in [0.15, 0.2) is 17.6 Å². The standard InChI is InChI=1S/C17H15ClO3/c1-10-8-13(18)11(2)7-12(10)17(19)16-9-20-14-5-3-4-6-15(14)21-16/h3-8,16H,9H2,1-2H3. The van der Waals surface area contributed by atoms with E-state index in [4.69, 9.17) is 21.1 Å². The molecule has 1 aliphatic heterocycles. The van der Waals surface area contributed by atoms with Crippen LogP contribution >= 0.6 is 11.6 Å². The Morgan fingerprint density at radius 1 is 1.14 bits per heavy atom. The van der Waals surface area contributed by atoms with Gasteiger partial charge in [0.2, 0.25) is 5.78 Å². The maximum Gasteiger partial charge on any atom is 0.207 e. The molecular weight excluding hydrogens is 288 g/mol. The molecule has 0 radical (unpaired) electrons. The fraction of sp³-hybridized carbons (Fsp3) is 0.235. The molecular formula is C17H15ClO3. The second-order valence-electron chi connectivity index (χ2n) is 5.14. The van der Waals surface area contributed by atoms with Gasteiger partial charge in [-0.15, -0.1) is 0 Å². The Kier molecular flexibility index (Phi) is 3.60. The first kappa shape index (κ1) is 14.0. The summed E-state index contributed by atoms with van der Waals surface area (Å²) in [4.78, 5) is 12.6. The number of halogens is 1. The molecule has 0 aromatic heterocycles. The molecule has 4 heteroatoms. The summed E-state index contributed by atoms with van der Waals surface area (Å²) in [6, 6.07) is 11.0. The number of carbonyl (C=O) groups excluding carboxylic acids is 1. The van der Waals surface area contributed by atoms with Crippen molar-refractivity contribution in [2.24, 2.45) is 0 Å². The molecule has 108 valence electrons. The van der Waals surface area contributed by atoms with Crippen molar-refractivity contribution in [3.05, 3.63) is 58.1 Å². The largest absolute Gasteiger partial charge is 0.485 e. The number of ether oxygens (including phenoxy) is 2. The first-order chi connectivity index (χ1) is 10.1. The highest BCUT2D eigenvalue weighted by Crippen LogP contribution is 2.32. The molecule has 2 aromatic rings. The summed E-state index contributed by atoms with van der Waals surface area (Å²) in [6.45, 7) is 3.97. The summed E-state index contributed by atoms with van der Waals surface area (Å²) in [5, 5.41) is 0.662. The smallest absolute Gasteiger partial charge is 0.207 e. The van der Waals surface area contributed by atoms with Gasteiger partial charge in [-0.2, -0.15) is 0 Å². The van der Waals surface area contributed by atoms with E-state index < -0.39 is 6.10 Å². The minimum Gasteiger partial charge on any atom is -0.485 e. The van der Waals surface area contributed by atoms with Gasteiger partial charge < -0.3 is 9.47 Å². The second-order valence-corrected chi connectivity index (χ2v) is 5.55. The molecule has 0 aliphatic carbocycles. The van der Waals surface area contributed by atoms with Gasteiger partial charge in [0, 0.05) is 10.6 Å². The van der Waals surface area contributed by atoms with Crippen molar-refractivity contribution in [1.29, 1.82) is 0 Å². The molecule has 0 amide bonds. The monoisotopic (exact) mass is 302 g/mol. The lowest BCUT2D eigenvalue weighted by molar-refractivity contribution is 0.0585. The van der Waals surface area contributed by atoms with Gasteiger partial charge in [-0.05, 0) is 49.2 Å². The summed E-state index contributed by atoms with van der Waals surface area (Å²) in [5.41, 5.74) is 2.35. The van der Waals surface area contributed by atoms with E-state index in [2.05, 4.69) is 0 Å². The highest BCUT2D eigenvalue weighted by molar-refractivity contribution is 6.31. The number of aryl methyl sites for hydroxylation is 2. The van der Waals surface area contributed by atoms with Crippen LogP contribution in [0.15, 0.2) is 36.4 Å². The lowest BCUT2D eigenvalue weighted by atomic mass is 9.98. The Hall–Kier alpha value is -2.00. The zero-order valence-electron chi connectivity index (χ0n) is 11.9. The third kappa shape index (κ3) is 2.61. The van der Waals surface area contributed by atoms with Gasteiger partial charge in [-0.25, -0.2) is 0 Å². The number of Topliss-reactive ketones (excluding diaryl/α,β-unsaturated/α-hetero) is 1. The third-order valence-electron chi connectivity index (χ3n) is 3.57. The van der Waals surface area contributed by atoms with E-state index in [1.807, 2.05) is 44.2 Å². The van der Waals surface area contributed by atoms with Crippen LogP contribution < -0.4 is 9.47 Å². The van der Waals surface area contributed by atoms with Crippen LogP contribution in [-0.4, -0.2) is 18.5 Å². The van der Waals surface area contributed by atoms with Gasteiger partial charge in [-0.1, -0.05) is 23.7 Å². The van der Waals surface area contributed by atoms with Crippen molar-refractivity contribution in [3.63, 3.8) is 0 Å². The van der Waals surface area contributed by atoms with Crippen LogP contribution in [0.2, 0.25) is 5.02 Å². The van der Waals surface area contributed by atoms with Crippen LogP contribution in [0, 0.1) is 13.8 Å². The molecule has 1 aliphatic rings. The molecule has 3 nitrogen and oxygen atoms in total. The van der Waals surface area contributed by atoms with E-state index in [0.29, 0.717) is 22.1 Å². The van der Waals surface area contributed by atoms with Gasteiger partial charge in [0.25, 0.3) is 0 Å². The summed E-state index contributed by atoms with van der Waals surface area (Å²) in [6.07, 6.45) is -0.626. The third-order valence-corrected chi connectivity index (χ3v) is 3.98. The van der Waals surface area contributed by atoms with Crippen LogP contribution in [0.25, 0.3) is 0 Å². The van der Waals surface area contributed by atoms with Crippen molar-refractivity contribution in [2.45, 2.75) is 20.0 Å². The number of fused-ring (bicyclic) bond motifs is 1. The predicted molar refractivity (Wildman–Crippen MR) is 81.6 cm³/mol. The zero-order valence-corrected chi connectivity index (χ0v) is 12.6. The normalized spacial score (nSPS) is 16.6. The number of hydrogen-bond acceptors (Lipinski definition) is 3. The zero-order chi connectivity index (χ0) is 15.0. The molecule has 21 heavy (non-hydrogen) atoms. The molecule has 0 saturated heterocycles. The van der Waals surface area contributed by atoms with Crippen molar-refractivity contribution in [2.75, 3.05) is 6.61 Å². The SMILES string of the molecule is Cc1cc(C(=O)C2COc3ccccc3O2)c(C)cc1Cl. The molecule has 0 bridgehead atoms. The number of ketones is 1. The molecule has 1 unspecified atom stereocenters. The Bertz CT molecular complexity index is 709. The first-order valence-electron chi connectivity index (χ1n) is 6.75. The van der Waals surface area contributed by atoms with Crippen molar-refractivity contribution < 1.29 is 14.3 Å². The molecule has 3 rings (SSSR count). The average molecular weight is 303 g/mol. The van der Waals surface area contributed by atoms with Gasteiger partial charge >= 0.3 is 0 Å². The lowest BCUT2D eigenvalue weighted by Gasteiger charge is -2.26. The number of para-hydroxylation sites is 2. The fourth-order valence-electron chi connectivity index (χ4n) is 2.37. The van der Waals surface area contributed by atoms with Crippen molar-refractivity contribution in [3.8, 4) is 11.5 Å². The highest BCUT2D eigenvalue weighted by Gasteiger charge is 2.29. The van der Waals surface area contributed by atoms with E-state index in [-0.39, 0.29) is 12.4 Å². The van der Waals surface area contributed by atoms with Crippen molar-refractivity contribution in [1.82, 2.24) is 0 Å². The summed E-state index contributed by atoms with van der Waals surface area (Å²) < 4.78 is 11.4. The minimum absolute atomic E-state index is 0.0817. The van der Waals surface area contributed by atoms with Crippen LogP contribution in [-0.2, 0) is 0 Å². The minimum atomic E-state index is -0.626. The topological polar surface area (TPSA) is 35.5 Å². The van der Waals surface area contributed by atoms with E-state index in [0.717, 1.165) is 11.1 Å². The molecule has 0 saturated carbocycles. The quantitative estimate of drug-likeness (QED) is 0.787. The summed E-state index contributed by atoms with van der Waals surface area (Å²) in [7, 11) is 0. The Morgan fingerprint density at radius 2 is 1.86 bits per heavy atom. The number of benzene rings is 2. The summed E-state index contributed by atoms with van der Waals surface area (Å²) >= 11 is 6.08. The van der Waals surface area contributed by atoms with Crippen molar-refractivity contribution >= 4 is 17.4 Å². The van der Waals surface area contributed by atoms with Crippen LogP contribution in [0.3, 0.4) is 0 Å². The number of carbonyl (C=O) groups is 1. The Labute approximate surface area is 128 Å². The predicted octanol–water partition coefficient (Wildman–Crippen LogP) is 3.98. The summed E-state index contributed by atoms with van der Waals surface area (Å²) in [5.74, 6) is 1.19. The molecule has 0 fully saturated rings. The van der Waals surface area contributed by atoms with E-state index in [1.54, 1.807) is 6.07 Å². The Morgan fingerprint density at radius 3 is 2.62 bits per heavy atom. The van der Waals surface area contributed by atoms with Crippen LogP contribution in [0.5, 0.6) is 11.5 Å². The number of hydrogen-bond donors (Lipinski definition) is 0. The molecule has 0 N–H and O–H groups in total. The maximum absolute atomic E-state index is 12.6. The Balaban J connectivity index is 1.89. The number of rotatable bonds is 2. The van der Waals surface area contributed by atoms with Crippen LogP contribution in [0.4, 0.5) is 0 Å². The van der Waals surface area contributed by atoms with Gasteiger partial charge in [-0.3, -0.25) is 4.79 Å². The van der Waals surface area contributed by atoms with E-state index in [9.17, 15) is 4.79 Å². The maximum atomic E-state index is 12.6. The fourth-order valence-corrected chi connectivity index (χ4v) is 2.59. The highest BCUT2D eigenvalue weighted by atomic mass is 35.5. The van der Waals surface area contributed by atoms with Gasteiger partial charge in [0.1, 0.15) is 6.61 Å².